The summed E-state index contributed by atoms with van der Waals surface area (Å²) < 4.78 is 157. The van der Waals surface area contributed by atoms with E-state index in [0.717, 1.165) is 6.92 Å². The molecule has 0 amide bonds. The minimum Gasteiger partial charge on any atom is -0.466 e. The molecule has 150 valence electrons. The highest BCUT2D eigenvalue weighted by molar-refractivity contribution is 5.65. The first kappa shape index (κ1) is 23.6. The molecule has 14 heteroatoms. The maximum Gasteiger partial charge on any atom is 0.384 e. The van der Waals surface area contributed by atoms with Gasteiger partial charge >= 0.3 is 42.0 Å². The van der Waals surface area contributed by atoms with Crippen LogP contribution in [0.1, 0.15) is 19.8 Å². The van der Waals surface area contributed by atoms with Gasteiger partial charge in [0.2, 0.25) is 0 Å². The Bertz CT molecular complexity index is 474. The van der Waals surface area contributed by atoms with Crippen LogP contribution in [-0.2, 0) is 9.53 Å². The van der Waals surface area contributed by atoms with Crippen molar-refractivity contribution in [1.29, 1.82) is 0 Å². The highest BCUT2D eigenvalue weighted by Gasteiger charge is 2.87. The Morgan fingerprint density at radius 3 is 1.64 bits per heavy atom. The Morgan fingerprint density at radius 1 is 0.840 bits per heavy atom. The SMILES string of the molecule is CC(=O)OCCCC(F)(F)C(F)(F)C(F)(F)C(F)(F)C(F)(F)C(F)F. The number of carbonyl (C=O) groups excluding carboxylic acids is 1. The van der Waals surface area contributed by atoms with Crippen LogP contribution < -0.4 is 0 Å². The number of esters is 1. The average Bonchev–Trinajstić information content (AvgIpc) is 2.42. The molecule has 0 heterocycles. The summed E-state index contributed by atoms with van der Waals surface area (Å²) in [5.74, 6) is -36.2. The van der Waals surface area contributed by atoms with Crippen molar-refractivity contribution in [2.75, 3.05) is 6.61 Å². The molecule has 0 saturated carbocycles. The van der Waals surface area contributed by atoms with Gasteiger partial charge in [0, 0.05) is 13.3 Å². The van der Waals surface area contributed by atoms with Crippen molar-refractivity contribution < 1.29 is 62.2 Å². The quantitative estimate of drug-likeness (QED) is 0.316. The lowest BCUT2D eigenvalue weighted by Gasteiger charge is -2.39. The molecule has 0 aliphatic rings. The topological polar surface area (TPSA) is 26.3 Å². The number of ether oxygens (including phenoxy) is 1. The third-order valence-electron chi connectivity index (χ3n) is 2.88. The molecule has 0 aromatic carbocycles. The number of hydrogen-bond donors (Lipinski definition) is 0. The Labute approximate surface area is 132 Å². The summed E-state index contributed by atoms with van der Waals surface area (Å²) in [6.45, 7) is -0.218. The molecule has 0 aromatic heterocycles. The monoisotopic (exact) mass is 402 g/mol. The molecule has 0 rings (SSSR count). The van der Waals surface area contributed by atoms with Crippen molar-refractivity contribution in [3.05, 3.63) is 0 Å². The molecular formula is C11H10F12O2. The highest BCUT2D eigenvalue weighted by atomic mass is 19.4. The maximum atomic E-state index is 13.2. The van der Waals surface area contributed by atoms with Gasteiger partial charge in [-0.1, -0.05) is 0 Å². The number of rotatable bonds is 9. The molecule has 2 nitrogen and oxygen atoms in total. The first-order valence-electron chi connectivity index (χ1n) is 6.17. The zero-order valence-electron chi connectivity index (χ0n) is 12.1. The van der Waals surface area contributed by atoms with E-state index in [0.29, 0.717) is 0 Å². The second kappa shape index (κ2) is 7.09. The number of alkyl halides is 12. The van der Waals surface area contributed by atoms with Crippen molar-refractivity contribution in [3.8, 4) is 0 Å². The highest BCUT2D eigenvalue weighted by Crippen LogP contribution is 2.58. The lowest BCUT2D eigenvalue weighted by atomic mass is 9.92. The molecule has 0 spiro atoms. The van der Waals surface area contributed by atoms with Crippen LogP contribution in [-0.4, -0.2) is 48.6 Å². The van der Waals surface area contributed by atoms with Crippen molar-refractivity contribution in [3.63, 3.8) is 0 Å². The number of carbonyl (C=O) groups is 1. The van der Waals surface area contributed by atoms with E-state index >= 15 is 0 Å². The lowest BCUT2D eigenvalue weighted by molar-refractivity contribution is -0.413. The lowest BCUT2D eigenvalue weighted by Crippen LogP contribution is -2.68. The van der Waals surface area contributed by atoms with Crippen LogP contribution in [0.15, 0.2) is 0 Å². The summed E-state index contributed by atoms with van der Waals surface area (Å²) in [6.07, 6.45) is -9.03. The Hall–Kier alpha value is -1.37. The summed E-state index contributed by atoms with van der Waals surface area (Å²) >= 11 is 0. The second-order valence-electron chi connectivity index (χ2n) is 4.79. The van der Waals surface area contributed by atoms with E-state index in [4.69, 9.17) is 0 Å². The van der Waals surface area contributed by atoms with E-state index in [9.17, 15) is 57.5 Å². The summed E-state index contributed by atoms with van der Waals surface area (Å²) in [6, 6.07) is 0. The van der Waals surface area contributed by atoms with Crippen LogP contribution in [0.3, 0.4) is 0 Å². The summed E-state index contributed by atoms with van der Waals surface area (Å²) in [5.41, 5.74) is 0. The average molecular weight is 402 g/mol. The van der Waals surface area contributed by atoms with Gasteiger partial charge in [0.15, 0.2) is 0 Å². The van der Waals surface area contributed by atoms with Crippen LogP contribution in [0.5, 0.6) is 0 Å². The summed E-state index contributed by atoms with van der Waals surface area (Å²) in [5, 5.41) is 0. The Balaban J connectivity index is 5.60. The number of hydrogen-bond acceptors (Lipinski definition) is 2. The van der Waals surface area contributed by atoms with E-state index in [1.54, 1.807) is 0 Å². The summed E-state index contributed by atoms with van der Waals surface area (Å²) in [4.78, 5) is 10.3. The van der Waals surface area contributed by atoms with Crippen molar-refractivity contribution in [2.45, 2.75) is 55.8 Å². The fraction of sp³-hybridized carbons (Fsp3) is 0.909. The van der Waals surface area contributed by atoms with Crippen LogP contribution in [0.4, 0.5) is 52.7 Å². The van der Waals surface area contributed by atoms with Gasteiger partial charge in [-0.2, -0.15) is 43.9 Å². The van der Waals surface area contributed by atoms with Gasteiger partial charge in [0.05, 0.1) is 6.61 Å². The molecule has 0 N–H and O–H groups in total. The van der Waals surface area contributed by atoms with Crippen LogP contribution in [0.2, 0.25) is 0 Å². The van der Waals surface area contributed by atoms with Crippen molar-refractivity contribution in [2.24, 2.45) is 0 Å². The fourth-order valence-electron chi connectivity index (χ4n) is 1.44. The molecule has 25 heavy (non-hydrogen) atoms. The molecule has 0 bridgehead atoms. The van der Waals surface area contributed by atoms with Crippen LogP contribution in [0.25, 0.3) is 0 Å². The molecule has 0 aromatic rings. The van der Waals surface area contributed by atoms with E-state index in [-0.39, 0.29) is 0 Å². The molecule has 0 saturated heterocycles. The minimum absolute atomic E-state index is 0.772. The van der Waals surface area contributed by atoms with Gasteiger partial charge in [-0.25, -0.2) is 8.78 Å². The third-order valence-corrected chi connectivity index (χ3v) is 2.88. The van der Waals surface area contributed by atoms with Gasteiger partial charge in [0.25, 0.3) is 0 Å². The zero-order chi connectivity index (χ0) is 20.5. The van der Waals surface area contributed by atoms with Gasteiger partial charge in [0.1, 0.15) is 0 Å². The maximum absolute atomic E-state index is 13.2. The van der Waals surface area contributed by atoms with E-state index < -0.39 is 61.5 Å². The Kier molecular flexibility index (Phi) is 6.71. The first-order valence-corrected chi connectivity index (χ1v) is 6.17. The second-order valence-corrected chi connectivity index (χ2v) is 4.79. The van der Waals surface area contributed by atoms with E-state index in [1.807, 2.05) is 0 Å². The largest absolute Gasteiger partial charge is 0.466 e. The summed E-state index contributed by atoms with van der Waals surface area (Å²) in [7, 11) is 0. The van der Waals surface area contributed by atoms with E-state index in [2.05, 4.69) is 4.74 Å². The van der Waals surface area contributed by atoms with Crippen molar-refractivity contribution >= 4 is 5.97 Å². The van der Waals surface area contributed by atoms with Gasteiger partial charge < -0.3 is 4.74 Å². The molecule has 0 unspecified atom stereocenters. The van der Waals surface area contributed by atoms with Gasteiger partial charge in [-0.05, 0) is 6.42 Å². The smallest absolute Gasteiger partial charge is 0.384 e. The molecular weight excluding hydrogens is 392 g/mol. The zero-order valence-corrected chi connectivity index (χ0v) is 12.1. The predicted molar refractivity (Wildman–Crippen MR) is 56.6 cm³/mol. The molecule has 0 fully saturated rings. The Morgan fingerprint density at radius 2 is 1.28 bits per heavy atom. The molecule has 0 atom stereocenters. The fourth-order valence-corrected chi connectivity index (χ4v) is 1.44. The van der Waals surface area contributed by atoms with Gasteiger partial charge in [-0.3, -0.25) is 4.79 Å². The van der Waals surface area contributed by atoms with E-state index in [1.165, 1.54) is 0 Å². The number of halogens is 12. The molecule has 0 radical (unpaired) electrons. The van der Waals surface area contributed by atoms with Gasteiger partial charge in [-0.15, -0.1) is 0 Å². The molecule has 0 aliphatic heterocycles. The minimum atomic E-state index is -7.52. The normalized spacial score (nSPS) is 14.8. The van der Waals surface area contributed by atoms with Crippen LogP contribution >= 0.6 is 0 Å². The molecule has 0 aliphatic carbocycles. The first-order chi connectivity index (χ1) is 10.9. The van der Waals surface area contributed by atoms with Crippen LogP contribution in [0, 0.1) is 0 Å². The van der Waals surface area contributed by atoms with Crippen molar-refractivity contribution in [1.82, 2.24) is 0 Å². The predicted octanol–water partition coefficient (Wildman–Crippen LogP) is 4.77. The third kappa shape index (κ3) is 4.07. The standard InChI is InChI=1S/C11H10F12O2/c1-5(24)25-4-2-3-7(14,15)9(18,19)11(22,23)10(20,21)8(16,17)6(12)13/h6H,2-4H2,1H3.